The zero-order valence-electron chi connectivity index (χ0n) is 8.92. The SMILES string of the molecule is CCC(=NC(C)C)c1ccc(F)cc1. The number of hydrogen-bond acceptors (Lipinski definition) is 1. The Bertz CT molecular complexity index is 312. The Labute approximate surface area is 84.7 Å². The van der Waals surface area contributed by atoms with Crippen LogP contribution >= 0.6 is 0 Å². The lowest BCUT2D eigenvalue weighted by molar-refractivity contribution is 0.627. The predicted octanol–water partition coefficient (Wildman–Crippen LogP) is 3.43. The van der Waals surface area contributed by atoms with Gasteiger partial charge in [-0.15, -0.1) is 0 Å². The molecule has 0 radical (unpaired) electrons. The molecule has 0 amide bonds. The van der Waals surface area contributed by atoms with Gasteiger partial charge in [0.05, 0.1) is 0 Å². The Morgan fingerprint density at radius 3 is 2.29 bits per heavy atom. The summed E-state index contributed by atoms with van der Waals surface area (Å²) in [6.45, 7) is 6.14. The Morgan fingerprint density at radius 2 is 1.86 bits per heavy atom. The molecule has 0 N–H and O–H groups in total. The molecule has 1 nitrogen and oxygen atoms in total. The third-order valence-electron chi connectivity index (χ3n) is 1.93. The lowest BCUT2D eigenvalue weighted by Gasteiger charge is -2.06. The van der Waals surface area contributed by atoms with E-state index in [-0.39, 0.29) is 11.9 Å². The first-order chi connectivity index (χ1) is 6.63. The highest BCUT2D eigenvalue weighted by molar-refractivity contribution is 6.00. The molecular weight excluding hydrogens is 177 g/mol. The molecule has 0 atom stereocenters. The van der Waals surface area contributed by atoms with E-state index in [1.807, 2.05) is 13.8 Å². The monoisotopic (exact) mass is 193 g/mol. The van der Waals surface area contributed by atoms with E-state index in [9.17, 15) is 4.39 Å². The topological polar surface area (TPSA) is 12.4 Å². The summed E-state index contributed by atoms with van der Waals surface area (Å²) < 4.78 is 12.7. The average molecular weight is 193 g/mol. The third kappa shape index (κ3) is 2.95. The molecule has 0 aliphatic carbocycles. The molecule has 76 valence electrons. The van der Waals surface area contributed by atoms with E-state index in [1.165, 1.54) is 12.1 Å². The molecule has 0 aliphatic rings. The molecule has 0 spiro atoms. The molecule has 1 aromatic rings. The largest absolute Gasteiger partial charge is 0.286 e. The van der Waals surface area contributed by atoms with Crippen molar-refractivity contribution in [2.45, 2.75) is 33.2 Å². The van der Waals surface area contributed by atoms with E-state index in [2.05, 4.69) is 11.9 Å². The number of halogens is 1. The van der Waals surface area contributed by atoms with Crippen molar-refractivity contribution in [1.29, 1.82) is 0 Å². The first-order valence-corrected chi connectivity index (χ1v) is 4.96. The summed E-state index contributed by atoms with van der Waals surface area (Å²) in [5.41, 5.74) is 2.06. The number of benzene rings is 1. The molecule has 0 saturated heterocycles. The van der Waals surface area contributed by atoms with E-state index >= 15 is 0 Å². The summed E-state index contributed by atoms with van der Waals surface area (Å²) in [6.07, 6.45) is 0.879. The number of aliphatic imine (C=N–C) groups is 1. The fourth-order valence-electron chi connectivity index (χ4n) is 1.32. The molecule has 14 heavy (non-hydrogen) atoms. The molecule has 0 saturated carbocycles. The highest BCUT2D eigenvalue weighted by Gasteiger charge is 2.01. The van der Waals surface area contributed by atoms with Crippen molar-refractivity contribution in [3.63, 3.8) is 0 Å². The fraction of sp³-hybridized carbons (Fsp3) is 0.417. The van der Waals surface area contributed by atoms with Gasteiger partial charge < -0.3 is 0 Å². The van der Waals surface area contributed by atoms with Crippen LogP contribution in [-0.4, -0.2) is 11.8 Å². The fourth-order valence-corrected chi connectivity index (χ4v) is 1.32. The van der Waals surface area contributed by atoms with Crippen molar-refractivity contribution in [1.82, 2.24) is 0 Å². The van der Waals surface area contributed by atoms with E-state index in [0.29, 0.717) is 0 Å². The number of nitrogens with zero attached hydrogens (tertiary/aromatic N) is 1. The van der Waals surface area contributed by atoms with Crippen molar-refractivity contribution >= 4 is 5.71 Å². The van der Waals surface area contributed by atoms with Crippen molar-refractivity contribution in [3.8, 4) is 0 Å². The zero-order chi connectivity index (χ0) is 10.6. The lowest BCUT2D eigenvalue weighted by Crippen LogP contribution is -2.03. The Balaban J connectivity index is 2.95. The molecule has 0 aromatic heterocycles. The van der Waals surface area contributed by atoms with Gasteiger partial charge in [0, 0.05) is 11.8 Å². The zero-order valence-corrected chi connectivity index (χ0v) is 8.92. The predicted molar refractivity (Wildman–Crippen MR) is 58.4 cm³/mol. The Morgan fingerprint density at radius 1 is 1.29 bits per heavy atom. The van der Waals surface area contributed by atoms with Crippen molar-refractivity contribution in [2.24, 2.45) is 4.99 Å². The van der Waals surface area contributed by atoms with Crippen LogP contribution in [0.2, 0.25) is 0 Å². The molecule has 0 unspecified atom stereocenters. The molecule has 0 bridgehead atoms. The first-order valence-electron chi connectivity index (χ1n) is 4.96. The summed E-state index contributed by atoms with van der Waals surface area (Å²) in [5.74, 6) is -0.200. The highest BCUT2D eigenvalue weighted by atomic mass is 19.1. The summed E-state index contributed by atoms with van der Waals surface area (Å²) in [4.78, 5) is 4.49. The Kier molecular flexibility index (Phi) is 3.81. The quantitative estimate of drug-likeness (QED) is 0.652. The average Bonchev–Trinajstić information content (AvgIpc) is 2.15. The standard InChI is InChI=1S/C12H16FN/c1-4-12(14-9(2)3)10-5-7-11(13)8-6-10/h5-9H,4H2,1-3H3. The normalized spacial score (nSPS) is 12.2. The maximum atomic E-state index is 12.7. The minimum Gasteiger partial charge on any atom is -0.286 e. The van der Waals surface area contributed by atoms with Crippen LogP contribution in [0.5, 0.6) is 0 Å². The van der Waals surface area contributed by atoms with Crippen LogP contribution in [0.1, 0.15) is 32.8 Å². The van der Waals surface area contributed by atoms with Crippen molar-refractivity contribution in [2.75, 3.05) is 0 Å². The van der Waals surface area contributed by atoms with Crippen LogP contribution in [0.4, 0.5) is 4.39 Å². The van der Waals surface area contributed by atoms with E-state index in [1.54, 1.807) is 12.1 Å². The minimum atomic E-state index is -0.200. The van der Waals surface area contributed by atoms with Gasteiger partial charge in [-0.05, 0) is 38.0 Å². The van der Waals surface area contributed by atoms with Gasteiger partial charge in [-0.25, -0.2) is 4.39 Å². The lowest BCUT2D eigenvalue weighted by atomic mass is 10.1. The van der Waals surface area contributed by atoms with Gasteiger partial charge in [0.2, 0.25) is 0 Å². The molecular formula is C12H16FN. The summed E-state index contributed by atoms with van der Waals surface area (Å²) in [6, 6.07) is 6.79. The van der Waals surface area contributed by atoms with Crippen LogP contribution in [0, 0.1) is 5.82 Å². The van der Waals surface area contributed by atoms with E-state index < -0.39 is 0 Å². The van der Waals surface area contributed by atoms with Crippen LogP contribution in [0.15, 0.2) is 29.3 Å². The number of rotatable bonds is 3. The molecule has 0 aliphatic heterocycles. The van der Waals surface area contributed by atoms with Crippen LogP contribution in [0.3, 0.4) is 0 Å². The Hall–Kier alpha value is -1.18. The van der Waals surface area contributed by atoms with Crippen molar-refractivity contribution < 1.29 is 4.39 Å². The van der Waals surface area contributed by atoms with Gasteiger partial charge in [0.25, 0.3) is 0 Å². The molecule has 0 fully saturated rings. The van der Waals surface area contributed by atoms with Crippen LogP contribution in [-0.2, 0) is 0 Å². The second kappa shape index (κ2) is 4.89. The van der Waals surface area contributed by atoms with Crippen LogP contribution < -0.4 is 0 Å². The van der Waals surface area contributed by atoms with Gasteiger partial charge in [-0.1, -0.05) is 19.1 Å². The summed E-state index contributed by atoms with van der Waals surface area (Å²) >= 11 is 0. The molecule has 0 heterocycles. The van der Waals surface area contributed by atoms with E-state index in [0.717, 1.165) is 17.7 Å². The number of hydrogen-bond donors (Lipinski definition) is 0. The van der Waals surface area contributed by atoms with Crippen LogP contribution in [0.25, 0.3) is 0 Å². The maximum Gasteiger partial charge on any atom is 0.123 e. The summed E-state index contributed by atoms with van der Waals surface area (Å²) in [5, 5.41) is 0. The van der Waals surface area contributed by atoms with Gasteiger partial charge >= 0.3 is 0 Å². The van der Waals surface area contributed by atoms with Gasteiger partial charge in [0.1, 0.15) is 5.82 Å². The highest BCUT2D eigenvalue weighted by Crippen LogP contribution is 2.08. The smallest absolute Gasteiger partial charge is 0.123 e. The van der Waals surface area contributed by atoms with Gasteiger partial charge in [0.15, 0.2) is 0 Å². The molecule has 1 rings (SSSR count). The van der Waals surface area contributed by atoms with Gasteiger partial charge in [-0.3, -0.25) is 4.99 Å². The first kappa shape index (κ1) is 10.9. The van der Waals surface area contributed by atoms with Gasteiger partial charge in [-0.2, -0.15) is 0 Å². The van der Waals surface area contributed by atoms with Crippen molar-refractivity contribution in [3.05, 3.63) is 35.6 Å². The second-order valence-corrected chi connectivity index (χ2v) is 3.53. The summed E-state index contributed by atoms with van der Waals surface area (Å²) in [7, 11) is 0. The maximum absolute atomic E-state index is 12.7. The minimum absolute atomic E-state index is 0.200. The third-order valence-corrected chi connectivity index (χ3v) is 1.93. The second-order valence-electron chi connectivity index (χ2n) is 3.53. The molecule has 1 aromatic carbocycles. The van der Waals surface area contributed by atoms with E-state index in [4.69, 9.17) is 0 Å². The molecule has 2 heteroatoms.